The van der Waals surface area contributed by atoms with E-state index in [4.69, 9.17) is 0 Å². The fourth-order valence-electron chi connectivity index (χ4n) is 0.832. The van der Waals surface area contributed by atoms with Crippen molar-refractivity contribution in [2.75, 3.05) is 5.32 Å². The Labute approximate surface area is 92.5 Å². The number of carbonyl (C=O) groups is 1. The van der Waals surface area contributed by atoms with Gasteiger partial charge in [-0.1, -0.05) is 11.3 Å². The Morgan fingerprint density at radius 1 is 1.53 bits per heavy atom. The maximum absolute atomic E-state index is 11.7. The Balaban J connectivity index is 2.99. The summed E-state index contributed by atoms with van der Waals surface area (Å²) in [6.07, 6.45) is 1.27. The molecule has 7 heteroatoms. The Morgan fingerprint density at radius 2 is 2.13 bits per heavy atom. The molecule has 0 aliphatic rings. The van der Waals surface area contributed by atoms with Crippen LogP contribution in [0.3, 0.4) is 0 Å². The lowest BCUT2D eigenvalue weighted by atomic mass is 10.6. The second-order valence-electron chi connectivity index (χ2n) is 3.26. The molecule has 5 nitrogen and oxygen atoms in total. The van der Waals surface area contributed by atoms with E-state index in [1.165, 1.54) is 13.1 Å². The van der Waals surface area contributed by atoms with Crippen molar-refractivity contribution in [2.24, 2.45) is 0 Å². The number of hydrogen-bond donors (Lipinski definition) is 1. The van der Waals surface area contributed by atoms with E-state index in [0.29, 0.717) is 5.13 Å². The van der Waals surface area contributed by atoms with Crippen LogP contribution in [0, 0.1) is 0 Å². The van der Waals surface area contributed by atoms with Crippen molar-refractivity contribution < 1.29 is 13.2 Å². The molecule has 0 aromatic carbocycles. The molecule has 1 N–H and O–H groups in total. The highest BCUT2D eigenvalue weighted by Crippen LogP contribution is 2.25. The van der Waals surface area contributed by atoms with Crippen LogP contribution in [-0.4, -0.2) is 24.6 Å². The molecule has 1 rings (SSSR count). The number of sulfone groups is 1. The zero-order valence-electron chi connectivity index (χ0n) is 8.64. The van der Waals surface area contributed by atoms with Gasteiger partial charge < -0.3 is 5.32 Å². The molecule has 1 aromatic rings. The molecule has 0 bridgehead atoms. The van der Waals surface area contributed by atoms with Gasteiger partial charge in [0.15, 0.2) is 15.0 Å². The predicted molar refractivity (Wildman–Crippen MR) is 58.7 cm³/mol. The third kappa shape index (κ3) is 2.75. The molecule has 1 amide bonds. The van der Waals surface area contributed by atoms with Crippen LogP contribution in [0.2, 0.25) is 0 Å². The molecular weight excluding hydrogens is 236 g/mol. The fraction of sp³-hybridized carbons (Fsp3) is 0.500. The number of carbonyl (C=O) groups excluding carboxylic acids is 1. The molecule has 15 heavy (non-hydrogen) atoms. The van der Waals surface area contributed by atoms with Gasteiger partial charge in [0.05, 0.1) is 11.4 Å². The van der Waals surface area contributed by atoms with Crippen molar-refractivity contribution in [3.63, 3.8) is 0 Å². The van der Waals surface area contributed by atoms with Crippen LogP contribution in [0.5, 0.6) is 0 Å². The minimum atomic E-state index is -3.29. The standard InChI is InChI=1S/C8H12N2O3S2/c1-5(2)15(12,13)7-4-9-8(14-7)10-6(3)11/h4-5H,1-3H3,(H,9,10,11). The van der Waals surface area contributed by atoms with Crippen molar-refractivity contribution in [1.29, 1.82) is 0 Å². The summed E-state index contributed by atoms with van der Waals surface area (Å²) in [6, 6.07) is 0. The SMILES string of the molecule is CC(=O)Nc1ncc(S(=O)(=O)C(C)C)s1. The number of thiazole rings is 1. The van der Waals surface area contributed by atoms with Gasteiger partial charge in [0.1, 0.15) is 4.21 Å². The van der Waals surface area contributed by atoms with Crippen LogP contribution in [0.25, 0.3) is 0 Å². The number of nitrogens with zero attached hydrogens (tertiary/aromatic N) is 1. The number of hydrogen-bond acceptors (Lipinski definition) is 5. The highest BCUT2D eigenvalue weighted by molar-refractivity contribution is 7.94. The second kappa shape index (κ2) is 4.28. The molecule has 0 aliphatic carbocycles. The number of aromatic nitrogens is 1. The van der Waals surface area contributed by atoms with Crippen LogP contribution in [0.15, 0.2) is 10.4 Å². The summed E-state index contributed by atoms with van der Waals surface area (Å²) in [5, 5.41) is 2.26. The summed E-state index contributed by atoms with van der Waals surface area (Å²) in [5.74, 6) is -0.266. The van der Waals surface area contributed by atoms with Gasteiger partial charge in [0, 0.05) is 6.92 Å². The van der Waals surface area contributed by atoms with Crippen LogP contribution in [0.1, 0.15) is 20.8 Å². The largest absolute Gasteiger partial charge is 0.302 e. The maximum Gasteiger partial charge on any atom is 0.223 e. The first kappa shape index (κ1) is 12.1. The van der Waals surface area contributed by atoms with E-state index in [2.05, 4.69) is 10.3 Å². The van der Waals surface area contributed by atoms with Gasteiger partial charge in [0.25, 0.3) is 0 Å². The van der Waals surface area contributed by atoms with Gasteiger partial charge in [-0.3, -0.25) is 4.79 Å². The molecule has 0 atom stereocenters. The maximum atomic E-state index is 11.7. The first-order chi connectivity index (χ1) is 6.84. The van der Waals surface area contributed by atoms with Gasteiger partial charge >= 0.3 is 0 Å². The molecular formula is C8H12N2O3S2. The summed E-state index contributed by atoms with van der Waals surface area (Å²) in [7, 11) is -3.29. The summed E-state index contributed by atoms with van der Waals surface area (Å²) in [5.41, 5.74) is 0. The van der Waals surface area contributed by atoms with Crippen molar-refractivity contribution in [1.82, 2.24) is 4.98 Å². The minimum Gasteiger partial charge on any atom is -0.302 e. The van der Waals surface area contributed by atoms with E-state index >= 15 is 0 Å². The van der Waals surface area contributed by atoms with E-state index in [0.717, 1.165) is 11.3 Å². The molecule has 0 saturated carbocycles. The predicted octanol–water partition coefficient (Wildman–Crippen LogP) is 1.28. The van der Waals surface area contributed by atoms with Crippen molar-refractivity contribution >= 4 is 32.2 Å². The summed E-state index contributed by atoms with van der Waals surface area (Å²) in [6.45, 7) is 4.55. The van der Waals surface area contributed by atoms with Crippen LogP contribution >= 0.6 is 11.3 Å². The van der Waals surface area contributed by atoms with Crippen LogP contribution in [0.4, 0.5) is 5.13 Å². The lowest BCUT2D eigenvalue weighted by Gasteiger charge is -2.02. The highest BCUT2D eigenvalue weighted by atomic mass is 32.2. The molecule has 0 spiro atoms. The molecule has 0 radical (unpaired) electrons. The van der Waals surface area contributed by atoms with E-state index in [1.807, 2.05) is 0 Å². The summed E-state index contributed by atoms with van der Waals surface area (Å²) < 4.78 is 23.6. The first-order valence-corrected chi connectivity index (χ1v) is 6.67. The molecule has 0 aliphatic heterocycles. The Bertz CT molecular complexity index is 462. The van der Waals surface area contributed by atoms with Crippen molar-refractivity contribution in [2.45, 2.75) is 30.2 Å². The molecule has 1 aromatic heterocycles. The third-order valence-corrected chi connectivity index (χ3v) is 5.23. The number of anilines is 1. The van der Waals surface area contributed by atoms with E-state index in [-0.39, 0.29) is 10.1 Å². The Hall–Kier alpha value is -0.950. The topological polar surface area (TPSA) is 76.1 Å². The van der Waals surface area contributed by atoms with Crippen molar-refractivity contribution in [3.8, 4) is 0 Å². The van der Waals surface area contributed by atoms with Gasteiger partial charge in [-0.2, -0.15) is 0 Å². The van der Waals surface area contributed by atoms with Crippen LogP contribution in [-0.2, 0) is 14.6 Å². The van der Waals surface area contributed by atoms with Crippen LogP contribution < -0.4 is 5.32 Å². The lowest BCUT2D eigenvalue weighted by Crippen LogP contribution is -2.12. The Kier molecular flexibility index (Phi) is 3.46. The number of nitrogens with one attached hydrogen (secondary N) is 1. The molecule has 0 fully saturated rings. The fourth-order valence-corrected chi connectivity index (χ4v) is 3.37. The third-order valence-electron chi connectivity index (χ3n) is 1.67. The van der Waals surface area contributed by atoms with Gasteiger partial charge in [-0.05, 0) is 13.8 Å². The Morgan fingerprint density at radius 3 is 2.60 bits per heavy atom. The summed E-state index contributed by atoms with van der Waals surface area (Å²) >= 11 is 0.965. The average Bonchev–Trinajstić information content (AvgIpc) is 2.51. The normalized spacial score (nSPS) is 11.7. The lowest BCUT2D eigenvalue weighted by molar-refractivity contribution is -0.114. The zero-order valence-corrected chi connectivity index (χ0v) is 10.3. The first-order valence-electron chi connectivity index (χ1n) is 4.31. The molecule has 84 valence electrons. The minimum absolute atomic E-state index is 0.182. The van der Waals surface area contributed by atoms with E-state index in [9.17, 15) is 13.2 Å². The summed E-state index contributed by atoms with van der Waals surface area (Å²) in [4.78, 5) is 14.5. The second-order valence-corrected chi connectivity index (χ2v) is 7.02. The quantitative estimate of drug-likeness (QED) is 0.874. The average molecular weight is 248 g/mol. The van der Waals surface area contributed by atoms with E-state index < -0.39 is 15.1 Å². The van der Waals surface area contributed by atoms with Gasteiger partial charge in [0.2, 0.25) is 5.91 Å². The van der Waals surface area contributed by atoms with Gasteiger partial charge in [-0.25, -0.2) is 13.4 Å². The van der Waals surface area contributed by atoms with Crippen molar-refractivity contribution in [3.05, 3.63) is 6.20 Å². The molecule has 0 unspecified atom stereocenters. The highest BCUT2D eigenvalue weighted by Gasteiger charge is 2.22. The molecule has 0 saturated heterocycles. The number of rotatable bonds is 3. The smallest absolute Gasteiger partial charge is 0.223 e. The zero-order chi connectivity index (χ0) is 11.6. The van der Waals surface area contributed by atoms with Gasteiger partial charge in [-0.15, -0.1) is 0 Å². The molecule has 1 heterocycles. The van der Waals surface area contributed by atoms with E-state index in [1.54, 1.807) is 13.8 Å². The number of amides is 1. The monoisotopic (exact) mass is 248 g/mol.